The van der Waals surface area contributed by atoms with Crippen molar-refractivity contribution in [3.05, 3.63) is 46.9 Å². The van der Waals surface area contributed by atoms with E-state index in [1.807, 2.05) is 0 Å². The van der Waals surface area contributed by atoms with Gasteiger partial charge in [-0.05, 0) is 6.07 Å². The molecule has 0 aliphatic rings. The van der Waals surface area contributed by atoms with Crippen LogP contribution in [-0.2, 0) is 0 Å². The molecule has 2 rings (SSSR count). The van der Waals surface area contributed by atoms with Crippen LogP contribution >= 0.6 is 0 Å². The smallest absolute Gasteiger partial charge is 0.276 e. The SMILES string of the molecule is O=C(Nc1cncnc1)c1ccc(=O)[nH]n1. The van der Waals surface area contributed by atoms with E-state index in [1.54, 1.807) is 0 Å². The average molecular weight is 217 g/mol. The topological polar surface area (TPSA) is 101 Å². The summed E-state index contributed by atoms with van der Waals surface area (Å²) in [5.74, 6) is -0.439. The summed E-state index contributed by atoms with van der Waals surface area (Å²) < 4.78 is 0. The minimum absolute atomic E-state index is 0.114. The molecule has 2 aromatic rings. The molecule has 7 heteroatoms. The standard InChI is InChI=1S/C9H7N5O2/c15-8-2-1-7(13-14-8)9(16)12-6-3-10-5-11-4-6/h1-5H,(H,12,16)(H,14,15). The molecule has 1 amide bonds. The van der Waals surface area contributed by atoms with Crippen LogP contribution in [-0.4, -0.2) is 26.1 Å². The van der Waals surface area contributed by atoms with Gasteiger partial charge in [-0.2, -0.15) is 5.10 Å². The highest BCUT2D eigenvalue weighted by molar-refractivity contribution is 6.02. The number of anilines is 1. The van der Waals surface area contributed by atoms with E-state index in [1.165, 1.54) is 30.9 Å². The Bertz CT molecular complexity index is 531. The lowest BCUT2D eigenvalue weighted by Gasteiger charge is -2.01. The highest BCUT2D eigenvalue weighted by Gasteiger charge is 2.07. The predicted molar refractivity (Wildman–Crippen MR) is 54.8 cm³/mol. The maximum absolute atomic E-state index is 11.6. The Labute approximate surface area is 89.6 Å². The van der Waals surface area contributed by atoms with Gasteiger partial charge in [0.1, 0.15) is 12.0 Å². The summed E-state index contributed by atoms with van der Waals surface area (Å²) in [5, 5.41) is 8.28. The van der Waals surface area contributed by atoms with Crippen LogP contribution in [0.4, 0.5) is 5.69 Å². The Morgan fingerprint density at radius 3 is 2.62 bits per heavy atom. The summed E-state index contributed by atoms with van der Waals surface area (Å²) in [6.45, 7) is 0. The largest absolute Gasteiger partial charge is 0.318 e. The minimum atomic E-state index is -0.439. The molecule has 80 valence electrons. The monoisotopic (exact) mass is 217 g/mol. The van der Waals surface area contributed by atoms with Crippen LogP contribution < -0.4 is 10.9 Å². The van der Waals surface area contributed by atoms with Gasteiger partial charge in [0.25, 0.3) is 11.5 Å². The average Bonchev–Trinajstić information content (AvgIpc) is 2.31. The Balaban J connectivity index is 2.15. The summed E-state index contributed by atoms with van der Waals surface area (Å²) in [6, 6.07) is 2.56. The summed E-state index contributed by atoms with van der Waals surface area (Å²) in [5.41, 5.74) is 0.212. The number of carbonyl (C=O) groups excluding carboxylic acids is 1. The molecule has 0 fully saturated rings. The van der Waals surface area contributed by atoms with Crippen molar-refractivity contribution in [2.24, 2.45) is 0 Å². The molecule has 2 heterocycles. The number of nitrogens with one attached hydrogen (secondary N) is 2. The molecule has 16 heavy (non-hydrogen) atoms. The van der Waals surface area contributed by atoms with Gasteiger partial charge in [0.05, 0.1) is 18.1 Å². The van der Waals surface area contributed by atoms with E-state index in [9.17, 15) is 9.59 Å². The number of nitrogens with zero attached hydrogens (tertiary/aromatic N) is 3. The first-order valence-corrected chi connectivity index (χ1v) is 4.38. The van der Waals surface area contributed by atoms with Crippen LogP contribution in [0, 0.1) is 0 Å². The van der Waals surface area contributed by atoms with Gasteiger partial charge in [-0.15, -0.1) is 0 Å². The molecule has 0 unspecified atom stereocenters. The predicted octanol–water partition coefficient (Wildman–Crippen LogP) is -0.188. The second kappa shape index (κ2) is 4.30. The Morgan fingerprint density at radius 1 is 1.25 bits per heavy atom. The van der Waals surface area contributed by atoms with Gasteiger partial charge in [-0.3, -0.25) is 9.59 Å². The van der Waals surface area contributed by atoms with Crippen LogP contribution in [0.1, 0.15) is 10.5 Å². The number of aromatic nitrogens is 4. The van der Waals surface area contributed by atoms with E-state index >= 15 is 0 Å². The van der Waals surface area contributed by atoms with E-state index in [-0.39, 0.29) is 11.3 Å². The zero-order chi connectivity index (χ0) is 11.4. The van der Waals surface area contributed by atoms with E-state index in [0.29, 0.717) is 5.69 Å². The maximum atomic E-state index is 11.6. The molecule has 0 saturated carbocycles. The molecule has 0 aliphatic heterocycles. The minimum Gasteiger partial charge on any atom is -0.318 e. The van der Waals surface area contributed by atoms with Gasteiger partial charge >= 0.3 is 0 Å². The van der Waals surface area contributed by atoms with Crippen LogP contribution in [0.2, 0.25) is 0 Å². The molecule has 0 saturated heterocycles. The second-order valence-electron chi connectivity index (χ2n) is 2.89. The zero-order valence-corrected chi connectivity index (χ0v) is 8.04. The van der Waals surface area contributed by atoms with Crippen molar-refractivity contribution in [2.75, 3.05) is 5.32 Å². The van der Waals surface area contributed by atoms with Gasteiger partial charge in [-0.25, -0.2) is 15.1 Å². The molecular formula is C9H7N5O2. The molecule has 7 nitrogen and oxygen atoms in total. The number of rotatable bonds is 2. The molecule has 0 spiro atoms. The van der Waals surface area contributed by atoms with E-state index < -0.39 is 5.91 Å². The molecule has 0 aliphatic carbocycles. The summed E-state index contributed by atoms with van der Waals surface area (Å²) in [7, 11) is 0. The van der Waals surface area contributed by atoms with E-state index in [0.717, 1.165) is 0 Å². The number of hydrogen-bond acceptors (Lipinski definition) is 5. The highest BCUT2D eigenvalue weighted by Crippen LogP contribution is 2.02. The maximum Gasteiger partial charge on any atom is 0.276 e. The number of carbonyl (C=O) groups is 1. The molecule has 0 aromatic carbocycles. The molecule has 2 aromatic heterocycles. The third-order valence-corrected chi connectivity index (χ3v) is 1.73. The first-order valence-electron chi connectivity index (χ1n) is 4.38. The lowest BCUT2D eigenvalue weighted by Crippen LogP contribution is -2.17. The van der Waals surface area contributed by atoms with Gasteiger partial charge in [0.15, 0.2) is 0 Å². The Kier molecular flexibility index (Phi) is 2.68. The normalized spacial score (nSPS) is 9.75. The second-order valence-corrected chi connectivity index (χ2v) is 2.89. The summed E-state index contributed by atoms with van der Waals surface area (Å²) >= 11 is 0. The van der Waals surface area contributed by atoms with Crippen molar-refractivity contribution < 1.29 is 4.79 Å². The quantitative estimate of drug-likeness (QED) is 0.726. The van der Waals surface area contributed by atoms with Crippen molar-refractivity contribution in [1.82, 2.24) is 20.2 Å². The van der Waals surface area contributed by atoms with Crippen LogP contribution in [0.15, 0.2) is 35.6 Å². The van der Waals surface area contributed by atoms with Crippen molar-refractivity contribution >= 4 is 11.6 Å². The van der Waals surface area contributed by atoms with Gasteiger partial charge < -0.3 is 5.32 Å². The van der Waals surface area contributed by atoms with Crippen molar-refractivity contribution in [2.45, 2.75) is 0 Å². The summed E-state index contributed by atoms with van der Waals surface area (Å²) in [6.07, 6.45) is 4.26. The number of aromatic amines is 1. The lowest BCUT2D eigenvalue weighted by atomic mass is 10.3. The fraction of sp³-hybridized carbons (Fsp3) is 0. The molecule has 0 radical (unpaired) electrons. The van der Waals surface area contributed by atoms with Crippen LogP contribution in [0.5, 0.6) is 0 Å². The molecule has 0 atom stereocenters. The number of H-pyrrole nitrogens is 1. The van der Waals surface area contributed by atoms with E-state index in [4.69, 9.17) is 0 Å². The fourth-order valence-corrected chi connectivity index (χ4v) is 1.03. The first-order chi connectivity index (χ1) is 7.75. The highest BCUT2D eigenvalue weighted by atomic mass is 16.2. The van der Waals surface area contributed by atoms with Crippen molar-refractivity contribution in [3.63, 3.8) is 0 Å². The molecular weight excluding hydrogens is 210 g/mol. The van der Waals surface area contributed by atoms with Gasteiger partial charge in [0, 0.05) is 6.07 Å². The van der Waals surface area contributed by atoms with Crippen molar-refractivity contribution in [1.29, 1.82) is 0 Å². The van der Waals surface area contributed by atoms with Crippen molar-refractivity contribution in [3.8, 4) is 0 Å². The third kappa shape index (κ3) is 2.27. The third-order valence-electron chi connectivity index (χ3n) is 1.73. The summed E-state index contributed by atoms with van der Waals surface area (Å²) in [4.78, 5) is 29.8. The number of amides is 1. The van der Waals surface area contributed by atoms with Crippen LogP contribution in [0.25, 0.3) is 0 Å². The first kappa shape index (κ1) is 9.97. The number of hydrogen-bond donors (Lipinski definition) is 2. The zero-order valence-electron chi connectivity index (χ0n) is 8.04. The van der Waals surface area contributed by atoms with E-state index in [2.05, 4.69) is 25.5 Å². The molecule has 2 N–H and O–H groups in total. The Morgan fingerprint density at radius 2 is 2.00 bits per heavy atom. The Hall–Kier alpha value is -2.57. The van der Waals surface area contributed by atoms with Gasteiger partial charge in [0.2, 0.25) is 0 Å². The molecule has 0 bridgehead atoms. The lowest BCUT2D eigenvalue weighted by molar-refractivity contribution is 0.102. The van der Waals surface area contributed by atoms with Gasteiger partial charge in [-0.1, -0.05) is 0 Å². The fourth-order valence-electron chi connectivity index (χ4n) is 1.03. The van der Waals surface area contributed by atoms with Crippen LogP contribution in [0.3, 0.4) is 0 Å².